The van der Waals surface area contributed by atoms with Crippen molar-refractivity contribution in [2.24, 2.45) is 5.92 Å². The minimum absolute atomic E-state index is 0.0966. The van der Waals surface area contributed by atoms with Crippen LogP contribution in [0.2, 0.25) is 0 Å². The van der Waals surface area contributed by atoms with E-state index in [-0.39, 0.29) is 11.8 Å². The number of thioether (sulfide) groups is 1. The first kappa shape index (κ1) is 10.8. The maximum Gasteiger partial charge on any atom is 0.222 e. The van der Waals surface area contributed by atoms with Crippen molar-refractivity contribution in [3.05, 3.63) is 0 Å². The summed E-state index contributed by atoms with van der Waals surface area (Å²) in [6.07, 6.45) is 2.04. The van der Waals surface area contributed by atoms with Crippen LogP contribution in [0.1, 0.15) is 20.8 Å². The third-order valence-electron chi connectivity index (χ3n) is 1.33. The molecule has 1 amide bonds. The zero-order valence-corrected chi connectivity index (χ0v) is 8.49. The van der Waals surface area contributed by atoms with Gasteiger partial charge < -0.3 is 5.32 Å². The molecular weight excluding hydrogens is 158 g/mol. The molecule has 66 valence electrons. The molecule has 2 nitrogen and oxygen atoms in total. The van der Waals surface area contributed by atoms with Gasteiger partial charge in [0.1, 0.15) is 0 Å². The molecule has 0 aliphatic rings. The Morgan fingerprint density at radius 3 is 2.36 bits per heavy atom. The van der Waals surface area contributed by atoms with Crippen LogP contribution in [0.3, 0.4) is 0 Å². The minimum atomic E-state index is 0.0966. The van der Waals surface area contributed by atoms with Gasteiger partial charge in [-0.25, -0.2) is 0 Å². The highest BCUT2D eigenvalue weighted by Crippen LogP contribution is 1.98. The first-order chi connectivity index (χ1) is 5.07. The van der Waals surface area contributed by atoms with Crippen molar-refractivity contribution in [2.45, 2.75) is 26.8 Å². The van der Waals surface area contributed by atoms with Gasteiger partial charge in [0, 0.05) is 17.7 Å². The Balaban J connectivity index is 3.57. The Labute approximate surface area is 73.1 Å². The Kier molecular flexibility index (Phi) is 5.38. The molecule has 0 fully saturated rings. The fourth-order valence-corrected chi connectivity index (χ4v) is 1.28. The molecular formula is C8H17NOS. The second-order valence-electron chi connectivity index (χ2n) is 3.02. The van der Waals surface area contributed by atoms with E-state index in [0.717, 1.165) is 5.75 Å². The van der Waals surface area contributed by atoms with E-state index in [9.17, 15) is 4.79 Å². The van der Waals surface area contributed by atoms with Crippen molar-refractivity contribution >= 4 is 17.7 Å². The lowest BCUT2D eigenvalue weighted by atomic mass is 10.2. The van der Waals surface area contributed by atoms with E-state index in [1.54, 1.807) is 11.8 Å². The van der Waals surface area contributed by atoms with Gasteiger partial charge in [-0.1, -0.05) is 13.8 Å². The second kappa shape index (κ2) is 5.47. The number of rotatable bonds is 4. The predicted octanol–water partition coefficient (Wildman–Crippen LogP) is 1.51. The highest BCUT2D eigenvalue weighted by atomic mass is 32.2. The van der Waals surface area contributed by atoms with Crippen LogP contribution in [0.15, 0.2) is 0 Å². The summed E-state index contributed by atoms with van der Waals surface area (Å²) in [5.41, 5.74) is 0. The standard InChI is InChI=1S/C8H17NOS/c1-6(2)8(10)9-7(3)5-11-4/h6-7H,5H2,1-4H3,(H,9,10). The largest absolute Gasteiger partial charge is 0.353 e. The first-order valence-electron chi connectivity index (χ1n) is 3.87. The smallest absolute Gasteiger partial charge is 0.222 e. The fraction of sp³-hybridized carbons (Fsp3) is 0.875. The molecule has 0 aromatic rings. The third-order valence-corrected chi connectivity index (χ3v) is 2.16. The van der Waals surface area contributed by atoms with Crippen LogP contribution >= 0.6 is 11.8 Å². The molecule has 0 aliphatic heterocycles. The molecule has 1 atom stereocenters. The summed E-state index contributed by atoms with van der Waals surface area (Å²) < 4.78 is 0. The molecule has 0 radical (unpaired) electrons. The van der Waals surface area contributed by atoms with E-state index < -0.39 is 0 Å². The van der Waals surface area contributed by atoms with E-state index in [1.807, 2.05) is 27.0 Å². The van der Waals surface area contributed by atoms with Gasteiger partial charge in [-0.3, -0.25) is 4.79 Å². The van der Waals surface area contributed by atoms with Gasteiger partial charge in [-0.15, -0.1) is 0 Å². The molecule has 0 saturated carbocycles. The van der Waals surface area contributed by atoms with E-state index in [2.05, 4.69) is 5.32 Å². The molecule has 3 heteroatoms. The average molecular weight is 175 g/mol. The van der Waals surface area contributed by atoms with Gasteiger partial charge in [0.05, 0.1) is 0 Å². The van der Waals surface area contributed by atoms with Crippen LogP contribution in [-0.4, -0.2) is 24.0 Å². The number of amides is 1. The normalized spacial score (nSPS) is 13.2. The van der Waals surface area contributed by atoms with Crippen molar-refractivity contribution in [1.82, 2.24) is 5.32 Å². The number of carbonyl (C=O) groups excluding carboxylic acids is 1. The molecule has 1 N–H and O–H groups in total. The zero-order valence-electron chi connectivity index (χ0n) is 7.68. The Bertz CT molecular complexity index is 125. The lowest BCUT2D eigenvalue weighted by molar-refractivity contribution is -0.124. The fourth-order valence-electron chi connectivity index (χ4n) is 0.701. The van der Waals surface area contributed by atoms with Gasteiger partial charge in [0.2, 0.25) is 5.91 Å². The lowest BCUT2D eigenvalue weighted by Crippen LogP contribution is -2.36. The highest BCUT2D eigenvalue weighted by Gasteiger charge is 2.09. The summed E-state index contributed by atoms with van der Waals surface area (Å²) in [5, 5.41) is 2.92. The summed E-state index contributed by atoms with van der Waals surface area (Å²) in [7, 11) is 0. The van der Waals surface area contributed by atoms with E-state index in [4.69, 9.17) is 0 Å². The average Bonchev–Trinajstić information content (AvgIpc) is 1.87. The van der Waals surface area contributed by atoms with E-state index in [1.165, 1.54) is 0 Å². The molecule has 11 heavy (non-hydrogen) atoms. The molecule has 0 aromatic heterocycles. The molecule has 0 rings (SSSR count). The molecule has 0 saturated heterocycles. The molecule has 0 heterocycles. The summed E-state index contributed by atoms with van der Waals surface area (Å²) in [4.78, 5) is 11.1. The van der Waals surface area contributed by atoms with Crippen LogP contribution in [0.4, 0.5) is 0 Å². The second-order valence-corrected chi connectivity index (χ2v) is 3.93. The Morgan fingerprint density at radius 2 is 2.00 bits per heavy atom. The van der Waals surface area contributed by atoms with Gasteiger partial charge in [0.25, 0.3) is 0 Å². The molecule has 0 spiro atoms. The van der Waals surface area contributed by atoms with Crippen molar-refractivity contribution in [3.63, 3.8) is 0 Å². The molecule has 0 aromatic carbocycles. The zero-order chi connectivity index (χ0) is 8.85. The molecule has 1 unspecified atom stereocenters. The van der Waals surface area contributed by atoms with Crippen molar-refractivity contribution in [1.29, 1.82) is 0 Å². The molecule has 0 bridgehead atoms. The summed E-state index contributed by atoms with van der Waals surface area (Å²) in [5.74, 6) is 1.23. The van der Waals surface area contributed by atoms with Crippen molar-refractivity contribution in [2.75, 3.05) is 12.0 Å². The van der Waals surface area contributed by atoms with E-state index in [0.29, 0.717) is 6.04 Å². The maximum atomic E-state index is 11.1. The summed E-state index contributed by atoms with van der Waals surface area (Å²) in [6, 6.07) is 0.292. The van der Waals surface area contributed by atoms with Crippen LogP contribution in [0.5, 0.6) is 0 Å². The number of nitrogens with one attached hydrogen (secondary N) is 1. The SMILES string of the molecule is CSCC(C)NC(=O)C(C)C. The van der Waals surface area contributed by atoms with Gasteiger partial charge in [-0.2, -0.15) is 11.8 Å². The number of hydrogen-bond acceptors (Lipinski definition) is 2. The minimum Gasteiger partial charge on any atom is -0.353 e. The van der Waals surface area contributed by atoms with Crippen LogP contribution in [-0.2, 0) is 4.79 Å². The van der Waals surface area contributed by atoms with Gasteiger partial charge >= 0.3 is 0 Å². The summed E-state index contributed by atoms with van der Waals surface area (Å²) in [6.45, 7) is 5.83. The van der Waals surface area contributed by atoms with Gasteiger partial charge in [-0.05, 0) is 13.2 Å². The predicted molar refractivity (Wildman–Crippen MR) is 50.8 cm³/mol. The number of carbonyl (C=O) groups is 1. The summed E-state index contributed by atoms with van der Waals surface area (Å²) >= 11 is 1.75. The maximum absolute atomic E-state index is 11.1. The topological polar surface area (TPSA) is 29.1 Å². The van der Waals surface area contributed by atoms with Gasteiger partial charge in [0.15, 0.2) is 0 Å². The first-order valence-corrected chi connectivity index (χ1v) is 5.26. The quantitative estimate of drug-likeness (QED) is 0.701. The number of hydrogen-bond donors (Lipinski definition) is 1. The van der Waals surface area contributed by atoms with E-state index >= 15 is 0 Å². The van der Waals surface area contributed by atoms with Crippen LogP contribution in [0, 0.1) is 5.92 Å². The highest BCUT2D eigenvalue weighted by molar-refractivity contribution is 7.98. The Morgan fingerprint density at radius 1 is 1.45 bits per heavy atom. The third kappa shape index (κ3) is 5.13. The van der Waals surface area contributed by atoms with Crippen molar-refractivity contribution in [3.8, 4) is 0 Å². The van der Waals surface area contributed by atoms with Crippen molar-refractivity contribution < 1.29 is 4.79 Å². The molecule has 0 aliphatic carbocycles. The lowest BCUT2D eigenvalue weighted by Gasteiger charge is -2.13. The van der Waals surface area contributed by atoms with Crippen LogP contribution < -0.4 is 5.32 Å². The monoisotopic (exact) mass is 175 g/mol. The Hall–Kier alpha value is -0.180. The van der Waals surface area contributed by atoms with Crippen LogP contribution in [0.25, 0.3) is 0 Å².